The Bertz CT molecular complexity index is 576. The lowest BCUT2D eigenvalue weighted by atomic mass is 10.1. The van der Waals surface area contributed by atoms with E-state index in [2.05, 4.69) is 25.8 Å². The summed E-state index contributed by atoms with van der Waals surface area (Å²) in [5.74, 6) is 0.652. The molecule has 0 spiro atoms. The van der Waals surface area contributed by atoms with Crippen LogP contribution in [0.4, 0.5) is 5.82 Å². The fourth-order valence-electron chi connectivity index (χ4n) is 2.86. The van der Waals surface area contributed by atoms with E-state index in [0.717, 1.165) is 17.9 Å². The van der Waals surface area contributed by atoms with E-state index in [1.54, 1.807) is 6.20 Å². The summed E-state index contributed by atoms with van der Waals surface area (Å²) >= 11 is 0. The third kappa shape index (κ3) is 4.92. The first-order valence-electron chi connectivity index (χ1n) is 8.44. The van der Waals surface area contributed by atoms with Gasteiger partial charge in [-0.1, -0.05) is 6.07 Å². The molecular weight excluding hydrogens is 306 g/mol. The molecule has 0 aliphatic carbocycles. The summed E-state index contributed by atoms with van der Waals surface area (Å²) in [4.78, 5) is 30.5. The van der Waals surface area contributed by atoms with Gasteiger partial charge in [-0.15, -0.1) is 0 Å². The lowest BCUT2D eigenvalue weighted by molar-refractivity contribution is -0.134. The Morgan fingerprint density at radius 3 is 2.96 bits per heavy atom. The van der Waals surface area contributed by atoms with Crippen molar-refractivity contribution in [1.82, 2.24) is 20.5 Å². The van der Waals surface area contributed by atoms with Crippen LogP contribution in [-0.4, -0.2) is 60.0 Å². The average molecular weight is 333 g/mol. The van der Waals surface area contributed by atoms with Crippen LogP contribution in [0.5, 0.6) is 0 Å². The molecule has 2 rings (SSSR count). The number of pyridine rings is 1. The Balaban J connectivity index is 1.76. The molecule has 24 heavy (non-hydrogen) atoms. The number of carbonyl (C=O) groups is 2. The van der Waals surface area contributed by atoms with Crippen molar-refractivity contribution in [3.63, 3.8) is 0 Å². The summed E-state index contributed by atoms with van der Waals surface area (Å²) < 4.78 is 0. The van der Waals surface area contributed by atoms with Crippen molar-refractivity contribution in [3.05, 3.63) is 23.9 Å². The second-order valence-corrected chi connectivity index (χ2v) is 6.29. The van der Waals surface area contributed by atoms with E-state index in [9.17, 15) is 9.59 Å². The maximum absolute atomic E-state index is 12.1. The van der Waals surface area contributed by atoms with Gasteiger partial charge in [0.05, 0.1) is 12.5 Å². The molecule has 7 heteroatoms. The summed E-state index contributed by atoms with van der Waals surface area (Å²) in [6, 6.07) is 3.72. The molecule has 132 valence electrons. The van der Waals surface area contributed by atoms with Crippen molar-refractivity contribution in [3.8, 4) is 0 Å². The summed E-state index contributed by atoms with van der Waals surface area (Å²) in [7, 11) is 0. The Hall–Kier alpha value is -2.15. The maximum atomic E-state index is 12.1. The Kier molecular flexibility index (Phi) is 6.54. The van der Waals surface area contributed by atoms with E-state index >= 15 is 0 Å². The zero-order valence-electron chi connectivity index (χ0n) is 14.6. The molecule has 2 amide bonds. The highest BCUT2D eigenvalue weighted by atomic mass is 16.2. The smallest absolute Gasteiger partial charge is 0.237 e. The minimum absolute atomic E-state index is 0.0627. The van der Waals surface area contributed by atoms with Gasteiger partial charge < -0.3 is 16.0 Å². The van der Waals surface area contributed by atoms with Gasteiger partial charge >= 0.3 is 0 Å². The normalized spacial score (nSPS) is 18.3. The molecule has 1 saturated heterocycles. The van der Waals surface area contributed by atoms with Crippen molar-refractivity contribution in [2.45, 2.75) is 39.3 Å². The molecule has 1 atom stereocenters. The lowest BCUT2D eigenvalue weighted by Crippen LogP contribution is -2.58. The zero-order chi connectivity index (χ0) is 17.5. The third-order valence-electron chi connectivity index (χ3n) is 4.16. The molecule has 1 aromatic heterocycles. The quantitative estimate of drug-likeness (QED) is 0.633. The summed E-state index contributed by atoms with van der Waals surface area (Å²) in [5, 5.41) is 8.89. The second kappa shape index (κ2) is 8.63. The number of nitrogens with one attached hydrogen (secondary N) is 3. The number of rotatable bonds is 7. The van der Waals surface area contributed by atoms with Gasteiger partial charge in [-0.3, -0.25) is 14.5 Å². The number of piperazine rings is 1. The van der Waals surface area contributed by atoms with Crippen LogP contribution in [-0.2, 0) is 9.59 Å². The molecule has 0 unspecified atom stereocenters. The van der Waals surface area contributed by atoms with Gasteiger partial charge in [-0.05, 0) is 32.4 Å². The monoisotopic (exact) mass is 333 g/mol. The number of amides is 2. The van der Waals surface area contributed by atoms with Crippen LogP contribution >= 0.6 is 0 Å². The highest BCUT2D eigenvalue weighted by molar-refractivity contribution is 5.88. The van der Waals surface area contributed by atoms with E-state index in [4.69, 9.17) is 0 Å². The van der Waals surface area contributed by atoms with Gasteiger partial charge in [-0.25, -0.2) is 4.98 Å². The zero-order valence-corrected chi connectivity index (χ0v) is 14.6. The van der Waals surface area contributed by atoms with Crippen LogP contribution in [0.25, 0.3) is 0 Å². The minimum Gasteiger partial charge on any atom is -0.368 e. The molecule has 0 aromatic carbocycles. The number of anilines is 1. The molecule has 3 N–H and O–H groups in total. The Labute approximate surface area is 143 Å². The van der Waals surface area contributed by atoms with Crippen molar-refractivity contribution in [2.75, 3.05) is 31.5 Å². The fraction of sp³-hybridized carbons (Fsp3) is 0.588. The van der Waals surface area contributed by atoms with E-state index < -0.39 is 0 Å². The minimum atomic E-state index is -0.384. The Morgan fingerprint density at radius 2 is 2.25 bits per heavy atom. The third-order valence-corrected chi connectivity index (χ3v) is 4.16. The largest absolute Gasteiger partial charge is 0.368 e. The van der Waals surface area contributed by atoms with Crippen LogP contribution in [0, 0.1) is 6.92 Å². The molecule has 1 aliphatic rings. The number of aryl methyl sites for hydroxylation is 1. The fourth-order valence-corrected chi connectivity index (χ4v) is 2.86. The van der Waals surface area contributed by atoms with E-state index in [0.29, 0.717) is 19.6 Å². The molecule has 7 nitrogen and oxygen atoms in total. The van der Waals surface area contributed by atoms with E-state index in [1.807, 2.05) is 32.9 Å². The van der Waals surface area contributed by atoms with Crippen LogP contribution in [0.2, 0.25) is 0 Å². The molecule has 0 saturated carbocycles. The van der Waals surface area contributed by atoms with Gasteiger partial charge in [0.15, 0.2) is 0 Å². The van der Waals surface area contributed by atoms with Gasteiger partial charge in [-0.2, -0.15) is 0 Å². The average Bonchev–Trinajstić information content (AvgIpc) is 2.54. The van der Waals surface area contributed by atoms with E-state index in [1.165, 1.54) is 0 Å². The Morgan fingerprint density at radius 1 is 1.46 bits per heavy atom. The SMILES string of the molecule is Cc1cccnc1NCCNC(=O)C[C@@H]1C(=O)NCCN1C(C)C. The predicted molar refractivity (Wildman–Crippen MR) is 93.7 cm³/mol. The highest BCUT2D eigenvalue weighted by Crippen LogP contribution is 2.12. The first-order chi connectivity index (χ1) is 11.5. The molecule has 0 radical (unpaired) electrons. The molecule has 0 bridgehead atoms. The van der Waals surface area contributed by atoms with Crippen molar-refractivity contribution < 1.29 is 9.59 Å². The van der Waals surface area contributed by atoms with Gasteiger partial charge in [0.1, 0.15) is 5.82 Å². The lowest BCUT2D eigenvalue weighted by Gasteiger charge is -2.37. The van der Waals surface area contributed by atoms with Gasteiger partial charge in [0, 0.05) is 38.4 Å². The van der Waals surface area contributed by atoms with Crippen LogP contribution in [0.15, 0.2) is 18.3 Å². The predicted octanol–water partition coefficient (Wildman–Crippen LogP) is 0.517. The molecule has 2 heterocycles. The number of hydrogen-bond donors (Lipinski definition) is 3. The maximum Gasteiger partial charge on any atom is 0.237 e. The molecule has 1 aromatic rings. The van der Waals surface area contributed by atoms with E-state index in [-0.39, 0.29) is 30.3 Å². The number of carbonyl (C=O) groups excluding carboxylic acids is 2. The van der Waals surface area contributed by atoms with Crippen molar-refractivity contribution >= 4 is 17.6 Å². The van der Waals surface area contributed by atoms with Crippen LogP contribution in [0.3, 0.4) is 0 Å². The number of aromatic nitrogens is 1. The molecular formula is C17H27N5O2. The molecule has 1 aliphatic heterocycles. The summed E-state index contributed by atoms with van der Waals surface area (Å²) in [5.41, 5.74) is 1.07. The highest BCUT2D eigenvalue weighted by Gasteiger charge is 2.32. The van der Waals surface area contributed by atoms with Crippen molar-refractivity contribution in [1.29, 1.82) is 0 Å². The number of hydrogen-bond acceptors (Lipinski definition) is 5. The van der Waals surface area contributed by atoms with Crippen LogP contribution in [0.1, 0.15) is 25.8 Å². The van der Waals surface area contributed by atoms with Crippen LogP contribution < -0.4 is 16.0 Å². The van der Waals surface area contributed by atoms with Crippen molar-refractivity contribution in [2.24, 2.45) is 0 Å². The summed E-state index contributed by atoms with van der Waals surface area (Å²) in [6.45, 7) is 8.57. The first kappa shape index (κ1) is 18.2. The number of nitrogens with zero attached hydrogens (tertiary/aromatic N) is 2. The first-order valence-corrected chi connectivity index (χ1v) is 8.44. The summed E-state index contributed by atoms with van der Waals surface area (Å²) in [6.07, 6.45) is 1.92. The second-order valence-electron chi connectivity index (χ2n) is 6.29. The molecule has 1 fully saturated rings. The van der Waals surface area contributed by atoms with Gasteiger partial charge in [0.2, 0.25) is 11.8 Å². The topological polar surface area (TPSA) is 86.4 Å². The van der Waals surface area contributed by atoms with Gasteiger partial charge in [0.25, 0.3) is 0 Å². The standard InChI is InChI=1S/C17H27N5O2/c1-12(2)22-10-9-21-17(24)14(22)11-15(23)18-7-8-20-16-13(3)5-4-6-19-16/h4-6,12,14H,7-11H2,1-3H3,(H,18,23)(H,19,20)(H,21,24)/t14-/m1/s1.